The van der Waals surface area contributed by atoms with E-state index in [2.05, 4.69) is 28.6 Å². The van der Waals surface area contributed by atoms with E-state index in [0.29, 0.717) is 5.69 Å². The SMILES string of the molecule is Cc1ccc(S(=O)(=O)N(C)C)cc1NC(=O)CN1CCc2sccc2[C@H]1C. The molecule has 1 aromatic heterocycles. The number of amides is 1. The molecule has 0 aliphatic carbocycles. The molecular weight excluding hydrogens is 382 g/mol. The summed E-state index contributed by atoms with van der Waals surface area (Å²) in [5, 5.41) is 4.99. The predicted octanol–water partition coefficient (Wildman–Crippen LogP) is 2.86. The number of carbonyl (C=O) groups is 1. The van der Waals surface area contributed by atoms with Crippen LogP contribution < -0.4 is 5.32 Å². The Hall–Kier alpha value is -1.74. The summed E-state index contributed by atoms with van der Waals surface area (Å²) in [6.45, 7) is 5.09. The molecule has 1 N–H and O–H groups in total. The molecule has 27 heavy (non-hydrogen) atoms. The maximum absolute atomic E-state index is 12.6. The van der Waals surface area contributed by atoms with Gasteiger partial charge in [0.05, 0.1) is 11.4 Å². The van der Waals surface area contributed by atoms with E-state index < -0.39 is 10.0 Å². The number of thiophene rings is 1. The zero-order chi connectivity index (χ0) is 19.8. The number of sulfonamides is 1. The summed E-state index contributed by atoms with van der Waals surface area (Å²) >= 11 is 1.77. The second-order valence-electron chi connectivity index (χ2n) is 7.01. The Labute approximate surface area is 164 Å². The summed E-state index contributed by atoms with van der Waals surface area (Å²) in [5.41, 5.74) is 2.66. The molecule has 1 aliphatic heterocycles. The second-order valence-corrected chi connectivity index (χ2v) is 10.2. The molecule has 0 spiro atoms. The standard InChI is InChI=1S/C19H25N3O3S2/c1-13-5-6-15(27(24,25)21(3)4)11-17(13)20-19(23)12-22-9-7-18-16(14(22)2)8-10-26-18/h5-6,8,10-11,14H,7,9,12H2,1-4H3,(H,20,23)/t14-/m1/s1. The number of hydrogen-bond donors (Lipinski definition) is 1. The number of aryl methyl sites for hydroxylation is 1. The van der Waals surface area contributed by atoms with Gasteiger partial charge in [0.25, 0.3) is 0 Å². The number of fused-ring (bicyclic) bond motifs is 1. The fourth-order valence-electron chi connectivity index (χ4n) is 3.26. The van der Waals surface area contributed by atoms with Gasteiger partial charge in [0.2, 0.25) is 15.9 Å². The largest absolute Gasteiger partial charge is 0.325 e. The lowest BCUT2D eigenvalue weighted by molar-refractivity contribution is -0.117. The molecule has 0 fully saturated rings. The summed E-state index contributed by atoms with van der Waals surface area (Å²) in [6, 6.07) is 7.14. The van der Waals surface area contributed by atoms with Crippen LogP contribution in [0.15, 0.2) is 34.5 Å². The molecule has 0 saturated carbocycles. The molecule has 8 heteroatoms. The smallest absolute Gasteiger partial charge is 0.242 e. The van der Waals surface area contributed by atoms with Crippen LogP contribution in [-0.2, 0) is 21.2 Å². The highest BCUT2D eigenvalue weighted by molar-refractivity contribution is 7.89. The molecule has 1 aromatic carbocycles. The summed E-state index contributed by atoms with van der Waals surface area (Å²) in [5.74, 6) is -0.136. The molecule has 2 aromatic rings. The molecule has 0 bridgehead atoms. The van der Waals surface area contributed by atoms with Crippen LogP contribution in [0.3, 0.4) is 0 Å². The molecule has 1 aliphatic rings. The van der Waals surface area contributed by atoms with Gasteiger partial charge in [-0.3, -0.25) is 9.69 Å². The summed E-state index contributed by atoms with van der Waals surface area (Å²) < 4.78 is 25.8. The number of rotatable bonds is 5. The third kappa shape index (κ3) is 4.08. The average molecular weight is 408 g/mol. The average Bonchev–Trinajstić information content (AvgIpc) is 3.08. The Morgan fingerprint density at radius 1 is 1.33 bits per heavy atom. The van der Waals surface area contributed by atoms with Gasteiger partial charge >= 0.3 is 0 Å². The lowest BCUT2D eigenvalue weighted by atomic mass is 10.0. The zero-order valence-corrected chi connectivity index (χ0v) is 17.7. The van der Waals surface area contributed by atoms with E-state index in [9.17, 15) is 13.2 Å². The first kappa shape index (κ1) is 20.0. The third-order valence-corrected chi connectivity index (χ3v) is 7.82. The third-order valence-electron chi connectivity index (χ3n) is 5.01. The van der Waals surface area contributed by atoms with Crippen LogP contribution in [0.2, 0.25) is 0 Å². The van der Waals surface area contributed by atoms with E-state index in [1.54, 1.807) is 23.5 Å². The highest BCUT2D eigenvalue weighted by atomic mass is 32.2. The summed E-state index contributed by atoms with van der Waals surface area (Å²) in [6.07, 6.45) is 0.959. The van der Waals surface area contributed by atoms with Gasteiger partial charge < -0.3 is 5.32 Å². The lowest BCUT2D eigenvalue weighted by Gasteiger charge is -2.33. The van der Waals surface area contributed by atoms with E-state index >= 15 is 0 Å². The molecular formula is C19H25N3O3S2. The van der Waals surface area contributed by atoms with Gasteiger partial charge in [-0.1, -0.05) is 6.07 Å². The van der Waals surface area contributed by atoms with Gasteiger partial charge in [0, 0.05) is 37.2 Å². The van der Waals surface area contributed by atoms with Crippen molar-refractivity contribution in [3.63, 3.8) is 0 Å². The van der Waals surface area contributed by atoms with E-state index in [4.69, 9.17) is 0 Å². The van der Waals surface area contributed by atoms with Gasteiger partial charge in [-0.15, -0.1) is 11.3 Å². The zero-order valence-electron chi connectivity index (χ0n) is 16.0. The van der Waals surface area contributed by atoms with Crippen molar-refractivity contribution in [1.29, 1.82) is 0 Å². The number of anilines is 1. The van der Waals surface area contributed by atoms with Gasteiger partial charge in [-0.25, -0.2) is 12.7 Å². The molecule has 0 saturated heterocycles. The maximum atomic E-state index is 12.6. The molecule has 146 valence electrons. The lowest BCUT2D eigenvalue weighted by Crippen LogP contribution is -2.39. The molecule has 3 rings (SSSR count). The first-order chi connectivity index (χ1) is 12.7. The van der Waals surface area contributed by atoms with E-state index in [-0.39, 0.29) is 23.4 Å². The van der Waals surface area contributed by atoms with Crippen LogP contribution in [0.25, 0.3) is 0 Å². The predicted molar refractivity (Wildman–Crippen MR) is 109 cm³/mol. The number of nitrogens with zero attached hydrogens (tertiary/aromatic N) is 2. The monoisotopic (exact) mass is 407 g/mol. The van der Waals surface area contributed by atoms with Crippen molar-refractivity contribution in [2.75, 3.05) is 32.5 Å². The van der Waals surface area contributed by atoms with Crippen molar-refractivity contribution in [2.45, 2.75) is 31.2 Å². The van der Waals surface area contributed by atoms with Crippen LogP contribution in [0.5, 0.6) is 0 Å². The van der Waals surface area contributed by atoms with E-state index in [0.717, 1.165) is 22.8 Å². The van der Waals surface area contributed by atoms with Crippen molar-refractivity contribution in [3.05, 3.63) is 45.6 Å². The van der Waals surface area contributed by atoms with E-state index in [1.807, 2.05) is 6.92 Å². The first-order valence-corrected chi connectivity index (χ1v) is 11.2. The minimum absolute atomic E-state index is 0.136. The highest BCUT2D eigenvalue weighted by Crippen LogP contribution is 2.32. The minimum Gasteiger partial charge on any atom is -0.325 e. The quantitative estimate of drug-likeness (QED) is 0.827. The number of nitrogens with one attached hydrogen (secondary N) is 1. The number of carbonyl (C=O) groups excluding carboxylic acids is 1. The van der Waals surface area contributed by atoms with Gasteiger partial charge in [0.15, 0.2) is 0 Å². The Balaban J connectivity index is 1.73. The topological polar surface area (TPSA) is 69.7 Å². The Morgan fingerprint density at radius 2 is 2.07 bits per heavy atom. The van der Waals surface area contributed by atoms with Gasteiger partial charge in [0.1, 0.15) is 0 Å². The molecule has 1 amide bonds. The van der Waals surface area contributed by atoms with Crippen LogP contribution in [0, 0.1) is 6.92 Å². The maximum Gasteiger partial charge on any atom is 0.242 e. The minimum atomic E-state index is -3.54. The Morgan fingerprint density at radius 3 is 2.78 bits per heavy atom. The van der Waals surface area contributed by atoms with Crippen LogP contribution >= 0.6 is 11.3 Å². The van der Waals surface area contributed by atoms with Crippen molar-refractivity contribution >= 4 is 33.0 Å². The summed E-state index contributed by atoms with van der Waals surface area (Å²) in [4.78, 5) is 16.3. The van der Waals surface area contributed by atoms with Crippen molar-refractivity contribution in [3.8, 4) is 0 Å². The molecule has 1 atom stereocenters. The normalized spacial score (nSPS) is 17.7. The molecule has 2 heterocycles. The van der Waals surface area contributed by atoms with Crippen LogP contribution in [-0.4, -0.2) is 50.7 Å². The summed E-state index contributed by atoms with van der Waals surface area (Å²) in [7, 11) is -0.562. The number of hydrogen-bond acceptors (Lipinski definition) is 5. The number of benzene rings is 1. The molecule has 6 nitrogen and oxygen atoms in total. The van der Waals surface area contributed by atoms with Gasteiger partial charge in [-0.2, -0.15) is 0 Å². The van der Waals surface area contributed by atoms with E-state index in [1.165, 1.54) is 30.6 Å². The fraction of sp³-hybridized carbons (Fsp3) is 0.421. The van der Waals surface area contributed by atoms with Crippen molar-refractivity contribution in [1.82, 2.24) is 9.21 Å². The van der Waals surface area contributed by atoms with Gasteiger partial charge in [-0.05, 0) is 55.0 Å². The Bertz CT molecular complexity index is 951. The highest BCUT2D eigenvalue weighted by Gasteiger charge is 2.26. The molecule has 0 unspecified atom stereocenters. The molecule has 0 radical (unpaired) electrons. The fourth-order valence-corrected chi connectivity index (χ4v) is 5.15. The van der Waals surface area contributed by atoms with Crippen LogP contribution in [0.4, 0.5) is 5.69 Å². The second kappa shape index (κ2) is 7.71. The Kier molecular flexibility index (Phi) is 5.71. The van der Waals surface area contributed by atoms with Crippen molar-refractivity contribution < 1.29 is 13.2 Å². The first-order valence-electron chi connectivity index (χ1n) is 8.83. The van der Waals surface area contributed by atoms with Crippen LogP contribution in [0.1, 0.15) is 29.0 Å². The van der Waals surface area contributed by atoms with Crippen molar-refractivity contribution in [2.24, 2.45) is 0 Å².